The van der Waals surface area contributed by atoms with E-state index in [0.29, 0.717) is 21.5 Å². The van der Waals surface area contributed by atoms with Crippen molar-refractivity contribution < 1.29 is 0 Å². The van der Waals surface area contributed by atoms with E-state index in [1.807, 2.05) is 11.8 Å². The summed E-state index contributed by atoms with van der Waals surface area (Å²) in [7, 11) is 0. The average molecular weight is 583 g/mol. The van der Waals surface area contributed by atoms with Crippen molar-refractivity contribution in [2.45, 2.75) is 124 Å². The Morgan fingerprint density at radius 3 is 1.46 bits per heavy atom. The second-order valence-corrected chi connectivity index (χ2v) is 16.3. The maximum Gasteiger partial charge on any atom is 0.150 e. The summed E-state index contributed by atoms with van der Waals surface area (Å²) in [6.07, 6.45) is 29.5. The molecule has 0 bridgehead atoms. The highest BCUT2D eigenvalue weighted by atomic mass is 32.2. The van der Waals surface area contributed by atoms with Gasteiger partial charge in [0, 0.05) is 69.7 Å². The zero-order valence-corrected chi connectivity index (χ0v) is 26.3. The van der Waals surface area contributed by atoms with Gasteiger partial charge in [0.05, 0.1) is 0 Å². The second kappa shape index (κ2) is 13.5. The lowest BCUT2D eigenvalue weighted by atomic mass is 9.94. The fraction of sp³-hybridized carbons (Fsp3) is 0.688. The van der Waals surface area contributed by atoms with Crippen molar-refractivity contribution in [2.24, 2.45) is 9.98 Å². The smallest absolute Gasteiger partial charge is 0.150 e. The molecule has 4 atom stereocenters. The SMILES string of the molecule is CC1CN(C2CCCCC2)C(N=C2C=CC(SC3=CCC(=NC4SC(C)CN4C4CCCCC4)C=C3)=CC2)S1. The largest absolute Gasteiger partial charge is 0.269 e. The van der Waals surface area contributed by atoms with E-state index in [9.17, 15) is 0 Å². The van der Waals surface area contributed by atoms with E-state index >= 15 is 0 Å². The first-order chi connectivity index (χ1) is 19.1. The van der Waals surface area contributed by atoms with Crippen LogP contribution >= 0.6 is 35.3 Å². The van der Waals surface area contributed by atoms with Gasteiger partial charge in [-0.05, 0) is 50.0 Å². The van der Waals surface area contributed by atoms with E-state index in [1.165, 1.54) is 98.5 Å². The molecule has 7 heteroatoms. The first-order valence-electron chi connectivity index (χ1n) is 15.5. The van der Waals surface area contributed by atoms with Crippen LogP contribution in [0.1, 0.15) is 90.9 Å². The van der Waals surface area contributed by atoms with Crippen molar-refractivity contribution in [1.82, 2.24) is 9.80 Å². The van der Waals surface area contributed by atoms with Gasteiger partial charge in [0.2, 0.25) is 0 Å². The molecule has 6 rings (SSSR count). The summed E-state index contributed by atoms with van der Waals surface area (Å²) in [4.78, 5) is 18.6. The Balaban J connectivity index is 1.02. The number of thioether (sulfide) groups is 3. The summed E-state index contributed by atoms with van der Waals surface area (Å²) in [5.41, 5.74) is 3.09. The number of nitrogens with zero attached hydrogens (tertiary/aromatic N) is 4. The Kier molecular flexibility index (Phi) is 9.83. The average Bonchev–Trinajstić information content (AvgIpc) is 3.53. The highest BCUT2D eigenvalue weighted by molar-refractivity contribution is 8.07. The molecule has 2 saturated heterocycles. The molecule has 0 aromatic heterocycles. The molecule has 4 aliphatic carbocycles. The van der Waals surface area contributed by atoms with Gasteiger partial charge in [-0.1, -0.05) is 76.3 Å². The van der Waals surface area contributed by atoms with Gasteiger partial charge in [0.25, 0.3) is 0 Å². The summed E-state index contributed by atoms with van der Waals surface area (Å²) in [5.74, 6) is 0. The third kappa shape index (κ3) is 7.38. The number of hydrogen-bond donors (Lipinski definition) is 0. The molecule has 2 saturated carbocycles. The number of rotatable bonds is 6. The quantitative estimate of drug-likeness (QED) is 0.314. The van der Waals surface area contributed by atoms with Gasteiger partial charge < -0.3 is 0 Å². The van der Waals surface area contributed by atoms with Gasteiger partial charge in [-0.2, -0.15) is 0 Å². The zero-order valence-electron chi connectivity index (χ0n) is 23.8. The number of allylic oxidation sites excluding steroid dienone is 6. The molecule has 39 heavy (non-hydrogen) atoms. The molecule has 4 fully saturated rings. The topological polar surface area (TPSA) is 31.2 Å². The first-order valence-corrected chi connectivity index (χ1v) is 18.2. The summed E-state index contributed by atoms with van der Waals surface area (Å²) >= 11 is 5.99. The molecule has 4 nitrogen and oxygen atoms in total. The predicted octanol–water partition coefficient (Wildman–Crippen LogP) is 8.40. The van der Waals surface area contributed by atoms with Crippen LogP contribution in [0.5, 0.6) is 0 Å². The molecule has 6 aliphatic rings. The second-order valence-electron chi connectivity index (χ2n) is 12.2. The fourth-order valence-electron chi connectivity index (χ4n) is 6.93. The van der Waals surface area contributed by atoms with Crippen molar-refractivity contribution in [3.63, 3.8) is 0 Å². The van der Waals surface area contributed by atoms with Gasteiger partial charge in [-0.3, -0.25) is 19.8 Å². The lowest BCUT2D eigenvalue weighted by Gasteiger charge is -2.33. The molecular formula is C32H46N4S3. The molecule has 2 heterocycles. The maximum atomic E-state index is 5.24. The minimum atomic E-state index is 0.308. The zero-order chi connectivity index (χ0) is 26.6. The van der Waals surface area contributed by atoms with Gasteiger partial charge in [-0.15, -0.1) is 23.5 Å². The van der Waals surface area contributed by atoms with Crippen LogP contribution in [0, 0.1) is 0 Å². The Hall–Kier alpha value is -0.730. The standard InChI is InChI=1S/C32H46N4S3/c1-23-21-35(27-9-5-3-6-10-27)31(37-23)33-25-13-17-29(18-14-25)39-30-19-15-26(16-20-30)34-32-36(22-24(2)38-32)28-11-7-4-8-12-28/h13,15,17-20,23-24,27-28,31-32H,3-12,14,16,21-22H2,1-2H3. The fourth-order valence-corrected chi connectivity index (χ4v) is 10.4. The summed E-state index contributed by atoms with van der Waals surface area (Å²) in [6, 6.07) is 1.48. The van der Waals surface area contributed by atoms with Crippen LogP contribution in [0.3, 0.4) is 0 Å². The van der Waals surface area contributed by atoms with E-state index < -0.39 is 0 Å². The molecule has 0 amide bonds. The van der Waals surface area contributed by atoms with Crippen LogP contribution in [0.2, 0.25) is 0 Å². The minimum Gasteiger partial charge on any atom is -0.269 e. The molecule has 0 N–H and O–H groups in total. The third-order valence-electron chi connectivity index (χ3n) is 8.99. The van der Waals surface area contributed by atoms with Gasteiger partial charge in [-0.25, -0.2) is 0 Å². The summed E-state index contributed by atoms with van der Waals surface area (Å²) in [5, 5.41) is 1.36. The molecule has 0 radical (unpaired) electrons. The monoisotopic (exact) mass is 582 g/mol. The third-order valence-corrected chi connectivity index (χ3v) is 12.5. The van der Waals surface area contributed by atoms with E-state index in [1.54, 1.807) is 0 Å². The van der Waals surface area contributed by atoms with E-state index in [4.69, 9.17) is 9.98 Å². The Bertz CT molecular complexity index is 966. The summed E-state index contributed by atoms with van der Waals surface area (Å²) < 4.78 is 0. The lowest BCUT2D eigenvalue weighted by molar-refractivity contribution is 0.160. The highest BCUT2D eigenvalue weighted by Gasteiger charge is 2.36. The Morgan fingerprint density at radius 2 is 1.08 bits per heavy atom. The molecule has 0 aromatic rings. The van der Waals surface area contributed by atoms with Gasteiger partial charge in [0.15, 0.2) is 0 Å². The first kappa shape index (κ1) is 28.4. The van der Waals surface area contributed by atoms with E-state index in [2.05, 4.69) is 83.6 Å². The van der Waals surface area contributed by atoms with Crippen LogP contribution in [-0.4, -0.2) is 67.9 Å². The van der Waals surface area contributed by atoms with Crippen LogP contribution < -0.4 is 0 Å². The van der Waals surface area contributed by atoms with Crippen molar-refractivity contribution in [1.29, 1.82) is 0 Å². The highest BCUT2D eigenvalue weighted by Crippen LogP contribution is 2.39. The van der Waals surface area contributed by atoms with Gasteiger partial charge >= 0.3 is 0 Å². The Morgan fingerprint density at radius 1 is 0.641 bits per heavy atom. The van der Waals surface area contributed by atoms with Crippen molar-refractivity contribution in [2.75, 3.05) is 13.1 Å². The molecule has 2 aliphatic heterocycles. The van der Waals surface area contributed by atoms with Crippen LogP contribution in [0.25, 0.3) is 0 Å². The molecule has 0 aromatic carbocycles. The molecular weight excluding hydrogens is 537 g/mol. The number of hydrogen-bond acceptors (Lipinski definition) is 7. The van der Waals surface area contributed by atoms with Gasteiger partial charge in [0.1, 0.15) is 11.0 Å². The van der Waals surface area contributed by atoms with Crippen LogP contribution in [0.15, 0.2) is 56.3 Å². The van der Waals surface area contributed by atoms with E-state index in [-0.39, 0.29) is 0 Å². The lowest BCUT2D eigenvalue weighted by Crippen LogP contribution is -2.39. The maximum absolute atomic E-state index is 5.24. The molecule has 212 valence electrons. The van der Waals surface area contributed by atoms with E-state index in [0.717, 1.165) is 24.9 Å². The van der Waals surface area contributed by atoms with Crippen molar-refractivity contribution in [3.8, 4) is 0 Å². The van der Waals surface area contributed by atoms with Crippen molar-refractivity contribution in [3.05, 3.63) is 46.3 Å². The molecule has 4 unspecified atom stereocenters. The minimum absolute atomic E-state index is 0.308. The van der Waals surface area contributed by atoms with Crippen LogP contribution in [0.4, 0.5) is 0 Å². The normalized spacial score (nSPS) is 35.7. The number of aliphatic imine (C=N–C) groups is 2. The Labute approximate surface area is 249 Å². The predicted molar refractivity (Wildman–Crippen MR) is 175 cm³/mol. The van der Waals surface area contributed by atoms with Crippen molar-refractivity contribution >= 4 is 46.7 Å². The summed E-state index contributed by atoms with van der Waals surface area (Å²) in [6.45, 7) is 7.13. The van der Waals surface area contributed by atoms with Crippen LogP contribution in [-0.2, 0) is 0 Å². The molecule has 0 spiro atoms.